The lowest BCUT2D eigenvalue weighted by Gasteiger charge is -2.03. The van der Waals surface area contributed by atoms with Gasteiger partial charge in [0.15, 0.2) is 0 Å². The highest BCUT2D eigenvalue weighted by Gasteiger charge is 1.96. The Bertz CT molecular complexity index is 423. The molecule has 2 N–H and O–H groups in total. The molecule has 0 saturated carbocycles. The Hall–Kier alpha value is -0.990. The Morgan fingerprint density at radius 3 is 2.94 bits per heavy atom. The van der Waals surface area contributed by atoms with Crippen molar-refractivity contribution in [1.29, 1.82) is 0 Å². The van der Waals surface area contributed by atoms with E-state index in [9.17, 15) is 0 Å². The van der Waals surface area contributed by atoms with E-state index in [4.69, 9.17) is 0 Å². The van der Waals surface area contributed by atoms with Gasteiger partial charge in [0.2, 0.25) is 0 Å². The molecule has 0 aliphatic rings. The summed E-state index contributed by atoms with van der Waals surface area (Å²) in [6.45, 7) is 4.30. The first kappa shape index (κ1) is 13.1. The highest BCUT2D eigenvalue weighted by Crippen LogP contribution is 2.13. The number of nitrogens with one attached hydrogen (secondary N) is 2. The second kappa shape index (κ2) is 6.56. The van der Waals surface area contributed by atoms with E-state index in [1.54, 1.807) is 0 Å². The maximum atomic E-state index is 3.45. The predicted octanol–water partition coefficient (Wildman–Crippen LogP) is 3.48. The number of aromatic nitrogens is 1. The number of hydrogen-bond donors (Lipinski definition) is 2. The zero-order chi connectivity index (χ0) is 10.5. The van der Waals surface area contributed by atoms with Crippen molar-refractivity contribution in [1.82, 2.24) is 10.3 Å². The van der Waals surface area contributed by atoms with Gasteiger partial charge >= 0.3 is 0 Å². The Balaban J connectivity index is 0.00000128. The lowest BCUT2D eigenvalue weighted by Crippen LogP contribution is -2.14. The lowest BCUT2D eigenvalue weighted by atomic mass is 10.1. The molecule has 0 aliphatic carbocycles. The van der Waals surface area contributed by atoms with Crippen LogP contribution in [0.15, 0.2) is 30.5 Å². The summed E-state index contributed by atoms with van der Waals surface area (Å²) in [5, 5.41) is 4.75. The molecule has 16 heavy (non-hydrogen) atoms. The molecule has 0 radical (unpaired) electrons. The minimum absolute atomic E-state index is 0. The minimum atomic E-state index is 0. The zero-order valence-corrected chi connectivity index (χ0v) is 10.4. The summed E-state index contributed by atoms with van der Waals surface area (Å²) in [4.78, 5) is 3.20. The molecule has 1 heterocycles. The van der Waals surface area contributed by atoms with Crippen molar-refractivity contribution in [3.8, 4) is 0 Å². The fourth-order valence-electron chi connectivity index (χ4n) is 1.75. The van der Waals surface area contributed by atoms with Crippen molar-refractivity contribution in [2.75, 3.05) is 6.54 Å². The standard InChI is InChI=1S/C13H18N2.ClH/c1-2-3-7-14-10-11-4-5-13-12(9-11)6-8-15-13;/h4-6,8-9,14-15H,2-3,7,10H2,1H3;1H. The summed E-state index contributed by atoms with van der Waals surface area (Å²) in [6.07, 6.45) is 4.50. The van der Waals surface area contributed by atoms with Gasteiger partial charge in [0.05, 0.1) is 0 Å². The van der Waals surface area contributed by atoms with Crippen LogP contribution in [-0.4, -0.2) is 11.5 Å². The molecule has 0 fully saturated rings. The summed E-state index contributed by atoms with van der Waals surface area (Å²) in [5.74, 6) is 0. The van der Waals surface area contributed by atoms with Gasteiger partial charge in [-0.05, 0) is 42.1 Å². The number of fused-ring (bicyclic) bond motifs is 1. The maximum Gasteiger partial charge on any atom is 0.0454 e. The third kappa shape index (κ3) is 3.26. The average Bonchev–Trinajstić information content (AvgIpc) is 2.71. The third-order valence-electron chi connectivity index (χ3n) is 2.65. The van der Waals surface area contributed by atoms with Gasteiger partial charge in [-0.2, -0.15) is 0 Å². The maximum absolute atomic E-state index is 3.45. The van der Waals surface area contributed by atoms with Crippen LogP contribution >= 0.6 is 12.4 Å². The van der Waals surface area contributed by atoms with Crippen LogP contribution in [0.5, 0.6) is 0 Å². The van der Waals surface area contributed by atoms with Crippen LogP contribution < -0.4 is 5.32 Å². The van der Waals surface area contributed by atoms with Gasteiger partial charge in [-0.15, -0.1) is 12.4 Å². The van der Waals surface area contributed by atoms with Crippen molar-refractivity contribution in [3.05, 3.63) is 36.0 Å². The summed E-state index contributed by atoms with van der Waals surface area (Å²) < 4.78 is 0. The third-order valence-corrected chi connectivity index (χ3v) is 2.65. The van der Waals surface area contributed by atoms with E-state index in [1.807, 2.05) is 6.20 Å². The molecule has 88 valence electrons. The van der Waals surface area contributed by atoms with E-state index in [2.05, 4.69) is 41.5 Å². The fourth-order valence-corrected chi connectivity index (χ4v) is 1.75. The molecule has 1 aromatic carbocycles. The van der Waals surface area contributed by atoms with Crippen LogP contribution in [0.1, 0.15) is 25.3 Å². The van der Waals surface area contributed by atoms with Crippen molar-refractivity contribution in [2.45, 2.75) is 26.3 Å². The molecule has 3 heteroatoms. The quantitative estimate of drug-likeness (QED) is 0.767. The topological polar surface area (TPSA) is 27.8 Å². The number of rotatable bonds is 5. The van der Waals surface area contributed by atoms with Gasteiger partial charge in [0.25, 0.3) is 0 Å². The molecule has 0 bridgehead atoms. The highest BCUT2D eigenvalue weighted by molar-refractivity contribution is 5.85. The first-order valence-corrected chi connectivity index (χ1v) is 5.67. The van der Waals surface area contributed by atoms with E-state index in [0.29, 0.717) is 0 Å². The van der Waals surface area contributed by atoms with Crippen LogP contribution in [0.4, 0.5) is 0 Å². The minimum Gasteiger partial charge on any atom is -0.361 e. The highest BCUT2D eigenvalue weighted by atomic mass is 35.5. The molecule has 0 atom stereocenters. The Morgan fingerprint density at radius 2 is 2.12 bits per heavy atom. The summed E-state index contributed by atoms with van der Waals surface area (Å²) in [5.41, 5.74) is 2.57. The number of halogens is 1. The summed E-state index contributed by atoms with van der Waals surface area (Å²) in [7, 11) is 0. The molecular formula is C13H19ClN2. The molecular weight excluding hydrogens is 220 g/mol. The molecule has 2 nitrogen and oxygen atoms in total. The first-order chi connectivity index (χ1) is 7.40. The van der Waals surface area contributed by atoms with Crippen LogP contribution in [0.25, 0.3) is 10.9 Å². The van der Waals surface area contributed by atoms with E-state index in [1.165, 1.54) is 29.3 Å². The van der Waals surface area contributed by atoms with Gasteiger partial charge in [-0.1, -0.05) is 19.4 Å². The second-order valence-electron chi connectivity index (χ2n) is 3.93. The van der Waals surface area contributed by atoms with E-state index in [-0.39, 0.29) is 12.4 Å². The largest absolute Gasteiger partial charge is 0.361 e. The average molecular weight is 239 g/mol. The molecule has 2 aromatic rings. The number of H-pyrrole nitrogens is 1. The lowest BCUT2D eigenvalue weighted by molar-refractivity contribution is 0.642. The zero-order valence-electron chi connectivity index (χ0n) is 9.62. The summed E-state index contributed by atoms with van der Waals surface area (Å²) in [6, 6.07) is 8.68. The predicted molar refractivity (Wildman–Crippen MR) is 72.2 cm³/mol. The van der Waals surface area contributed by atoms with Gasteiger partial charge in [-0.3, -0.25) is 0 Å². The Labute approximate surface area is 103 Å². The van der Waals surface area contributed by atoms with Gasteiger partial charge in [0, 0.05) is 18.3 Å². The molecule has 0 aliphatic heterocycles. The van der Waals surface area contributed by atoms with Crippen molar-refractivity contribution < 1.29 is 0 Å². The number of hydrogen-bond acceptors (Lipinski definition) is 1. The number of benzene rings is 1. The van der Waals surface area contributed by atoms with Crippen LogP contribution in [-0.2, 0) is 6.54 Å². The molecule has 0 spiro atoms. The van der Waals surface area contributed by atoms with Crippen molar-refractivity contribution in [3.63, 3.8) is 0 Å². The monoisotopic (exact) mass is 238 g/mol. The van der Waals surface area contributed by atoms with E-state index < -0.39 is 0 Å². The van der Waals surface area contributed by atoms with Crippen molar-refractivity contribution in [2.24, 2.45) is 0 Å². The first-order valence-electron chi connectivity index (χ1n) is 5.67. The molecule has 2 rings (SSSR count). The second-order valence-corrected chi connectivity index (χ2v) is 3.93. The normalized spacial score (nSPS) is 10.3. The van der Waals surface area contributed by atoms with Crippen LogP contribution in [0.2, 0.25) is 0 Å². The Kier molecular flexibility index (Phi) is 5.36. The van der Waals surface area contributed by atoms with Gasteiger partial charge < -0.3 is 10.3 Å². The smallest absolute Gasteiger partial charge is 0.0454 e. The SMILES string of the molecule is CCCCNCc1ccc2[nH]ccc2c1.Cl. The van der Waals surface area contributed by atoms with Crippen LogP contribution in [0.3, 0.4) is 0 Å². The molecule has 0 saturated heterocycles. The molecule has 0 amide bonds. The molecule has 0 unspecified atom stereocenters. The van der Waals surface area contributed by atoms with E-state index in [0.717, 1.165) is 13.1 Å². The van der Waals surface area contributed by atoms with Crippen molar-refractivity contribution >= 4 is 23.3 Å². The fraction of sp³-hybridized carbons (Fsp3) is 0.385. The van der Waals surface area contributed by atoms with Gasteiger partial charge in [-0.25, -0.2) is 0 Å². The van der Waals surface area contributed by atoms with E-state index >= 15 is 0 Å². The summed E-state index contributed by atoms with van der Waals surface area (Å²) >= 11 is 0. The molecule has 1 aromatic heterocycles. The van der Waals surface area contributed by atoms with Crippen LogP contribution in [0, 0.1) is 0 Å². The Morgan fingerprint density at radius 1 is 1.25 bits per heavy atom. The number of unbranched alkanes of at least 4 members (excludes halogenated alkanes) is 1. The number of aromatic amines is 1. The van der Waals surface area contributed by atoms with Gasteiger partial charge in [0.1, 0.15) is 0 Å².